The molecule has 0 aliphatic heterocycles. The van der Waals surface area contributed by atoms with Crippen molar-refractivity contribution < 1.29 is 14.3 Å². The summed E-state index contributed by atoms with van der Waals surface area (Å²) < 4.78 is 10.9. The summed E-state index contributed by atoms with van der Waals surface area (Å²) in [6.45, 7) is 5.62. The molecule has 0 bridgehead atoms. The maximum Gasteiger partial charge on any atom is 0.262 e. The number of benzene rings is 2. The van der Waals surface area contributed by atoms with Gasteiger partial charge in [0.15, 0.2) is 6.61 Å². The number of rotatable bonds is 7. The molecule has 0 aliphatic carbocycles. The smallest absolute Gasteiger partial charge is 0.262 e. The quantitative estimate of drug-likeness (QED) is 0.792. The van der Waals surface area contributed by atoms with Crippen molar-refractivity contribution in [3.63, 3.8) is 0 Å². The van der Waals surface area contributed by atoms with Gasteiger partial charge in [-0.3, -0.25) is 4.79 Å². The third-order valence-corrected chi connectivity index (χ3v) is 3.32. The van der Waals surface area contributed by atoms with Crippen LogP contribution in [0.1, 0.15) is 11.1 Å². The predicted molar refractivity (Wildman–Crippen MR) is 92.2 cm³/mol. The largest absolute Gasteiger partial charge is 0.495 e. The van der Waals surface area contributed by atoms with Crippen LogP contribution in [0.4, 0.5) is 5.69 Å². The van der Waals surface area contributed by atoms with E-state index in [1.165, 1.54) is 0 Å². The summed E-state index contributed by atoms with van der Waals surface area (Å²) in [5.41, 5.74) is 2.68. The molecule has 0 atom stereocenters. The second-order valence-electron chi connectivity index (χ2n) is 5.14. The second-order valence-corrected chi connectivity index (χ2v) is 5.14. The van der Waals surface area contributed by atoms with Gasteiger partial charge in [0, 0.05) is 0 Å². The lowest BCUT2D eigenvalue weighted by Crippen LogP contribution is -2.21. The number of carbonyl (C=O) groups excluding carboxylic acids is 1. The fourth-order valence-corrected chi connectivity index (χ4v) is 2.22. The minimum Gasteiger partial charge on any atom is -0.495 e. The fourth-order valence-electron chi connectivity index (χ4n) is 2.22. The molecule has 0 aliphatic rings. The average Bonchev–Trinajstić information content (AvgIpc) is 2.54. The zero-order valence-corrected chi connectivity index (χ0v) is 13.5. The number of methoxy groups -OCH3 is 1. The molecule has 0 saturated carbocycles. The molecule has 0 unspecified atom stereocenters. The first-order chi connectivity index (χ1) is 11.1. The summed E-state index contributed by atoms with van der Waals surface area (Å²) in [6, 6.07) is 13.2. The van der Waals surface area contributed by atoms with Crippen molar-refractivity contribution in [1.82, 2.24) is 0 Å². The number of ether oxygens (including phenoxy) is 2. The Balaban J connectivity index is 2.01. The van der Waals surface area contributed by atoms with E-state index >= 15 is 0 Å². The Kier molecular flexibility index (Phi) is 5.80. The highest BCUT2D eigenvalue weighted by atomic mass is 16.5. The Morgan fingerprint density at radius 1 is 1.22 bits per heavy atom. The summed E-state index contributed by atoms with van der Waals surface area (Å²) >= 11 is 0. The van der Waals surface area contributed by atoms with Gasteiger partial charge in [0.2, 0.25) is 0 Å². The molecule has 4 heteroatoms. The highest BCUT2D eigenvalue weighted by Gasteiger charge is 2.09. The highest BCUT2D eigenvalue weighted by Crippen LogP contribution is 2.25. The second kappa shape index (κ2) is 8.03. The topological polar surface area (TPSA) is 47.6 Å². The predicted octanol–water partition coefficient (Wildman–Crippen LogP) is 3.75. The SMILES string of the molecule is C=CCc1ccccc1OCC(=O)Nc1cc(C)ccc1OC. The van der Waals surface area contributed by atoms with Crippen LogP contribution in [-0.2, 0) is 11.2 Å². The molecule has 2 aromatic carbocycles. The van der Waals surface area contributed by atoms with E-state index in [9.17, 15) is 4.79 Å². The van der Waals surface area contributed by atoms with E-state index in [-0.39, 0.29) is 12.5 Å². The molecular weight excluding hydrogens is 290 g/mol. The van der Waals surface area contributed by atoms with Gasteiger partial charge in [-0.25, -0.2) is 0 Å². The van der Waals surface area contributed by atoms with Crippen LogP contribution in [0.5, 0.6) is 11.5 Å². The van der Waals surface area contributed by atoms with Crippen molar-refractivity contribution in [2.45, 2.75) is 13.3 Å². The third-order valence-electron chi connectivity index (χ3n) is 3.32. The maximum atomic E-state index is 12.1. The summed E-state index contributed by atoms with van der Waals surface area (Å²) in [7, 11) is 1.57. The first-order valence-corrected chi connectivity index (χ1v) is 7.40. The van der Waals surface area contributed by atoms with E-state index in [1.807, 2.05) is 49.4 Å². The number of aryl methyl sites for hydroxylation is 1. The van der Waals surface area contributed by atoms with Crippen molar-refractivity contribution in [1.29, 1.82) is 0 Å². The Labute approximate surface area is 136 Å². The van der Waals surface area contributed by atoms with Gasteiger partial charge in [-0.05, 0) is 42.7 Å². The molecule has 1 amide bonds. The van der Waals surface area contributed by atoms with Gasteiger partial charge in [0.25, 0.3) is 5.91 Å². The standard InChI is InChI=1S/C19H21NO3/c1-4-7-15-8-5-6-9-17(15)23-13-19(21)20-16-12-14(2)10-11-18(16)22-3/h4-6,8-12H,1,7,13H2,2-3H3,(H,20,21). The summed E-state index contributed by atoms with van der Waals surface area (Å²) in [5.74, 6) is 1.08. The molecule has 0 fully saturated rings. The van der Waals surface area contributed by atoms with Gasteiger partial charge in [-0.2, -0.15) is 0 Å². The molecule has 4 nitrogen and oxygen atoms in total. The molecule has 120 valence electrons. The van der Waals surface area contributed by atoms with Crippen molar-refractivity contribution >= 4 is 11.6 Å². The lowest BCUT2D eigenvalue weighted by Gasteiger charge is -2.13. The van der Waals surface area contributed by atoms with E-state index in [0.717, 1.165) is 11.1 Å². The van der Waals surface area contributed by atoms with E-state index in [4.69, 9.17) is 9.47 Å². The number of allylic oxidation sites excluding steroid dienone is 1. The van der Waals surface area contributed by atoms with Crippen molar-refractivity contribution in [3.05, 3.63) is 66.2 Å². The molecule has 0 spiro atoms. The van der Waals surface area contributed by atoms with Gasteiger partial charge < -0.3 is 14.8 Å². The minimum atomic E-state index is -0.234. The molecule has 23 heavy (non-hydrogen) atoms. The summed E-state index contributed by atoms with van der Waals surface area (Å²) in [4.78, 5) is 12.1. The van der Waals surface area contributed by atoms with E-state index in [2.05, 4.69) is 11.9 Å². The number of hydrogen-bond donors (Lipinski definition) is 1. The zero-order valence-electron chi connectivity index (χ0n) is 13.5. The summed E-state index contributed by atoms with van der Waals surface area (Å²) in [6.07, 6.45) is 2.50. The highest BCUT2D eigenvalue weighted by molar-refractivity contribution is 5.93. The monoisotopic (exact) mass is 311 g/mol. The number of para-hydroxylation sites is 1. The van der Waals surface area contributed by atoms with Gasteiger partial charge in [0.1, 0.15) is 11.5 Å². The van der Waals surface area contributed by atoms with Crippen LogP contribution in [0.2, 0.25) is 0 Å². The van der Waals surface area contributed by atoms with Crippen molar-refractivity contribution in [2.24, 2.45) is 0 Å². The first-order valence-electron chi connectivity index (χ1n) is 7.40. The van der Waals surface area contributed by atoms with Crippen LogP contribution in [0.25, 0.3) is 0 Å². The van der Waals surface area contributed by atoms with Crippen molar-refractivity contribution in [2.75, 3.05) is 19.0 Å². The molecule has 0 radical (unpaired) electrons. The van der Waals surface area contributed by atoms with Crippen LogP contribution in [0.3, 0.4) is 0 Å². The molecule has 2 rings (SSSR count). The third kappa shape index (κ3) is 4.61. The molecule has 0 aromatic heterocycles. The number of carbonyl (C=O) groups is 1. The van der Waals surface area contributed by atoms with E-state index < -0.39 is 0 Å². The molecule has 1 N–H and O–H groups in total. The van der Waals surface area contributed by atoms with Crippen LogP contribution in [0, 0.1) is 6.92 Å². The van der Waals surface area contributed by atoms with Gasteiger partial charge in [-0.15, -0.1) is 6.58 Å². The first kappa shape index (κ1) is 16.6. The van der Waals surface area contributed by atoms with Crippen LogP contribution in [0.15, 0.2) is 55.1 Å². The molecule has 0 saturated heterocycles. The molecular formula is C19H21NO3. The van der Waals surface area contributed by atoms with Gasteiger partial charge in [0.05, 0.1) is 12.8 Å². The Hall–Kier alpha value is -2.75. The summed E-state index contributed by atoms with van der Waals surface area (Å²) in [5, 5.41) is 2.81. The Morgan fingerprint density at radius 3 is 2.74 bits per heavy atom. The van der Waals surface area contributed by atoms with Crippen molar-refractivity contribution in [3.8, 4) is 11.5 Å². The van der Waals surface area contributed by atoms with Crippen LogP contribution >= 0.6 is 0 Å². The van der Waals surface area contributed by atoms with Gasteiger partial charge >= 0.3 is 0 Å². The number of nitrogens with one attached hydrogen (secondary N) is 1. The number of amides is 1. The Bertz CT molecular complexity index is 695. The molecule has 2 aromatic rings. The zero-order chi connectivity index (χ0) is 16.7. The van der Waals surface area contributed by atoms with E-state index in [0.29, 0.717) is 23.6 Å². The number of hydrogen-bond acceptors (Lipinski definition) is 3. The lowest BCUT2D eigenvalue weighted by molar-refractivity contribution is -0.118. The van der Waals surface area contributed by atoms with Crippen LogP contribution in [-0.4, -0.2) is 19.6 Å². The maximum absolute atomic E-state index is 12.1. The van der Waals surface area contributed by atoms with E-state index in [1.54, 1.807) is 13.2 Å². The average molecular weight is 311 g/mol. The minimum absolute atomic E-state index is 0.0642. The van der Waals surface area contributed by atoms with Crippen LogP contribution < -0.4 is 14.8 Å². The normalized spacial score (nSPS) is 10.0. The number of anilines is 1. The fraction of sp³-hybridized carbons (Fsp3) is 0.211. The van der Waals surface area contributed by atoms with Gasteiger partial charge in [-0.1, -0.05) is 30.3 Å². The Morgan fingerprint density at radius 2 is 2.00 bits per heavy atom. The lowest BCUT2D eigenvalue weighted by atomic mass is 10.1. The molecule has 0 heterocycles.